The van der Waals surface area contributed by atoms with Crippen molar-refractivity contribution in [1.82, 2.24) is 0 Å². The van der Waals surface area contributed by atoms with Crippen molar-refractivity contribution in [2.24, 2.45) is 0 Å². The second-order valence-electron chi connectivity index (χ2n) is 3.09. The van der Waals surface area contributed by atoms with Crippen LogP contribution in [0, 0.1) is 0 Å². The Bertz CT molecular complexity index is 291. The van der Waals surface area contributed by atoms with Gasteiger partial charge in [0.05, 0.1) is 12.7 Å². The first-order valence-corrected chi connectivity index (χ1v) is 5.89. The van der Waals surface area contributed by atoms with Gasteiger partial charge in [-0.05, 0) is 19.1 Å². The Morgan fingerprint density at radius 3 is 2.80 bits per heavy atom. The average molecular weight is 228 g/mol. The summed E-state index contributed by atoms with van der Waals surface area (Å²) >= 11 is 1.43. The molecule has 0 radical (unpaired) electrons. The molecule has 1 atom stereocenters. The minimum atomic E-state index is -0.491. The van der Waals surface area contributed by atoms with E-state index in [1.807, 2.05) is 19.1 Å². The predicted octanol–water partition coefficient (Wildman–Crippen LogP) is 1.88. The number of phenols is 1. The summed E-state index contributed by atoms with van der Waals surface area (Å²) in [7, 11) is 0. The van der Waals surface area contributed by atoms with Crippen molar-refractivity contribution in [1.29, 1.82) is 0 Å². The van der Waals surface area contributed by atoms with Crippen LogP contribution in [0.15, 0.2) is 29.2 Å². The number of hydrogen-bond acceptors (Lipinski definition) is 4. The Morgan fingerprint density at radius 2 is 2.13 bits per heavy atom. The molecule has 1 aromatic rings. The molecule has 1 aromatic carbocycles. The summed E-state index contributed by atoms with van der Waals surface area (Å²) < 4.78 is 5.09. The van der Waals surface area contributed by atoms with Gasteiger partial charge in [-0.25, -0.2) is 0 Å². The molecule has 1 rings (SSSR count). The first-order chi connectivity index (χ1) is 7.24. The van der Waals surface area contributed by atoms with E-state index in [1.165, 1.54) is 11.8 Å². The maximum absolute atomic E-state index is 9.51. The summed E-state index contributed by atoms with van der Waals surface area (Å²) in [6, 6.07) is 7.09. The fraction of sp³-hybridized carbons (Fsp3) is 0.455. The molecule has 3 nitrogen and oxygen atoms in total. The fourth-order valence-electron chi connectivity index (χ4n) is 1.07. The molecule has 84 valence electrons. The van der Waals surface area contributed by atoms with E-state index in [2.05, 4.69) is 0 Å². The molecule has 0 saturated carbocycles. The van der Waals surface area contributed by atoms with Gasteiger partial charge in [-0.3, -0.25) is 0 Å². The minimum absolute atomic E-state index is 0.256. The van der Waals surface area contributed by atoms with Gasteiger partial charge >= 0.3 is 0 Å². The number of hydrogen-bond donors (Lipinski definition) is 2. The van der Waals surface area contributed by atoms with Gasteiger partial charge in [0.2, 0.25) is 0 Å². The number of aliphatic hydroxyl groups is 1. The Hall–Kier alpha value is -0.710. The third kappa shape index (κ3) is 4.55. The summed E-state index contributed by atoms with van der Waals surface area (Å²) in [5.74, 6) is 0.781. The molecule has 0 heterocycles. The maximum Gasteiger partial charge on any atom is 0.129 e. The number of phenolic OH excluding ortho intramolecular Hbond substituents is 1. The summed E-state index contributed by atoms with van der Waals surface area (Å²) in [5, 5.41) is 19.0. The van der Waals surface area contributed by atoms with Crippen LogP contribution in [0.25, 0.3) is 0 Å². The molecule has 4 heteroatoms. The quantitative estimate of drug-likeness (QED) is 0.730. The molecule has 0 aliphatic carbocycles. The number of thioether (sulfide) groups is 1. The standard InChI is InChI=1S/C11H16O3S/c1-2-14-7-9(12)8-15-11-6-4-3-5-10(11)13/h3-6,9,12-13H,2,7-8H2,1H3. The van der Waals surface area contributed by atoms with E-state index >= 15 is 0 Å². The monoisotopic (exact) mass is 228 g/mol. The lowest BCUT2D eigenvalue weighted by Gasteiger charge is -2.10. The first kappa shape index (κ1) is 12.4. The number of para-hydroxylation sites is 1. The highest BCUT2D eigenvalue weighted by Crippen LogP contribution is 2.27. The second kappa shape index (κ2) is 6.71. The fourth-order valence-corrected chi connectivity index (χ4v) is 1.93. The molecule has 0 bridgehead atoms. The normalized spacial score (nSPS) is 12.7. The summed E-state index contributed by atoms with van der Waals surface area (Å²) in [6.45, 7) is 2.85. The predicted molar refractivity (Wildman–Crippen MR) is 61.3 cm³/mol. The number of rotatable bonds is 6. The van der Waals surface area contributed by atoms with Crippen LogP contribution in [0.5, 0.6) is 5.75 Å². The van der Waals surface area contributed by atoms with Crippen LogP contribution >= 0.6 is 11.8 Å². The molecule has 0 fully saturated rings. The van der Waals surface area contributed by atoms with Crippen LogP contribution in [0.3, 0.4) is 0 Å². The van der Waals surface area contributed by atoms with Gasteiger partial charge < -0.3 is 14.9 Å². The Balaban J connectivity index is 2.33. The topological polar surface area (TPSA) is 49.7 Å². The van der Waals surface area contributed by atoms with Crippen molar-refractivity contribution in [3.05, 3.63) is 24.3 Å². The van der Waals surface area contributed by atoms with Crippen LogP contribution in [0.2, 0.25) is 0 Å². The molecule has 0 aliphatic heterocycles. The van der Waals surface area contributed by atoms with Crippen LogP contribution < -0.4 is 0 Å². The molecule has 0 amide bonds. The molecular weight excluding hydrogens is 212 g/mol. The lowest BCUT2D eigenvalue weighted by Crippen LogP contribution is -2.17. The summed E-state index contributed by atoms with van der Waals surface area (Å²) in [6.07, 6.45) is -0.491. The second-order valence-corrected chi connectivity index (χ2v) is 4.15. The molecule has 0 spiro atoms. The minimum Gasteiger partial charge on any atom is -0.507 e. The van der Waals surface area contributed by atoms with Crippen LogP contribution in [-0.2, 0) is 4.74 Å². The molecule has 0 aliphatic rings. The summed E-state index contributed by atoms with van der Waals surface area (Å²) in [4.78, 5) is 0.785. The first-order valence-electron chi connectivity index (χ1n) is 4.90. The van der Waals surface area contributed by atoms with E-state index in [0.717, 1.165) is 4.90 Å². The summed E-state index contributed by atoms with van der Waals surface area (Å²) in [5.41, 5.74) is 0. The van der Waals surface area contributed by atoms with E-state index in [-0.39, 0.29) is 5.75 Å². The highest BCUT2D eigenvalue weighted by molar-refractivity contribution is 7.99. The van der Waals surface area contributed by atoms with Crippen molar-refractivity contribution in [2.45, 2.75) is 17.9 Å². The van der Waals surface area contributed by atoms with Crippen LogP contribution in [0.1, 0.15) is 6.92 Å². The zero-order valence-electron chi connectivity index (χ0n) is 8.72. The third-order valence-corrected chi connectivity index (χ3v) is 3.02. The zero-order valence-corrected chi connectivity index (χ0v) is 9.54. The molecule has 0 aromatic heterocycles. The highest BCUT2D eigenvalue weighted by atomic mass is 32.2. The zero-order chi connectivity index (χ0) is 11.1. The molecule has 0 saturated heterocycles. The molecule has 1 unspecified atom stereocenters. The van der Waals surface area contributed by atoms with Gasteiger partial charge in [-0.15, -0.1) is 11.8 Å². The van der Waals surface area contributed by atoms with E-state index in [9.17, 15) is 10.2 Å². The number of benzene rings is 1. The number of aliphatic hydroxyl groups excluding tert-OH is 1. The molecule has 15 heavy (non-hydrogen) atoms. The Morgan fingerprint density at radius 1 is 1.40 bits per heavy atom. The maximum atomic E-state index is 9.51. The highest BCUT2D eigenvalue weighted by Gasteiger charge is 2.06. The number of ether oxygens (including phenoxy) is 1. The van der Waals surface area contributed by atoms with Crippen LogP contribution in [0.4, 0.5) is 0 Å². The van der Waals surface area contributed by atoms with Crippen molar-refractivity contribution in [3.63, 3.8) is 0 Å². The average Bonchev–Trinajstić information content (AvgIpc) is 2.25. The van der Waals surface area contributed by atoms with E-state index in [1.54, 1.807) is 12.1 Å². The lowest BCUT2D eigenvalue weighted by atomic mass is 10.3. The SMILES string of the molecule is CCOCC(O)CSc1ccccc1O. The third-order valence-electron chi connectivity index (χ3n) is 1.81. The Labute approximate surface area is 94.1 Å². The van der Waals surface area contributed by atoms with Gasteiger partial charge in [-0.2, -0.15) is 0 Å². The van der Waals surface area contributed by atoms with Crippen LogP contribution in [-0.4, -0.2) is 35.3 Å². The van der Waals surface area contributed by atoms with Gasteiger partial charge in [0.15, 0.2) is 0 Å². The molecule has 2 N–H and O–H groups in total. The van der Waals surface area contributed by atoms with Gasteiger partial charge in [0.25, 0.3) is 0 Å². The smallest absolute Gasteiger partial charge is 0.129 e. The van der Waals surface area contributed by atoms with Gasteiger partial charge in [-0.1, -0.05) is 12.1 Å². The van der Waals surface area contributed by atoms with Crippen molar-refractivity contribution in [2.75, 3.05) is 19.0 Å². The van der Waals surface area contributed by atoms with Gasteiger partial charge in [0.1, 0.15) is 5.75 Å². The van der Waals surface area contributed by atoms with Gasteiger partial charge in [0, 0.05) is 17.3 Å². The van der Waals surface area contributed by atoms with Crippen molar-refractivity contribution < 1.29 is 14.9 Å². The van der Waals surface area contributed by atoms with E-state index < -0.39 is 6.10 Å². The van der Waals surface area contributed by atoms with Crippen molar-refractivity contribution >= 4 is 11.8 Å². The largest absolute Gasteiger partial charge is 0.507 e. The van der Waals surface area contributed by atoms with E-state index in [4.69, 9.17) is 4.74 Å². The van der Waals surface area contributed by atoms with Crippen molar-refractivity contribution in [3.8, 4) is 5.75 Å². The van der Waals surface area contributed by atoms with E-state index in [0.29, 0.717) is 19.0 Å². The lowest BCUT2D eigenvalue weighted by molar-refractivity contribution is 0.0551. The number of aromatic hydroxyl groups is 1. The Kier molecular flexibility index (Phi) is 5.53. The molecular formula is C11H16O3S.